The van der Waals surface area contributed by atoms with Gasteiger partial charge in [-0.25, -0.2) is 9.78 Å². The van der Waals surface area contributed by atoms with Crippen molar-refractivity contribution in [3.63, 3.8) is 0 Å². The number of carbonyl (C=O) groups excluding carboxylic acids is 1. The number of pyridine rings is 2. The summed E-state index contributed by atoms with van der Waals surface area (Å²) in [5, 5.41) is 31.9. The third kappa shape index (κ3) is 1.98. The van der Waals surface area contributed by atoms with Crippen LogP contribution in [0.2, 0.25) is 0 Å². The maximum absolute atomic E-state index is 13.1. The minimum Gasteiger partial charge on any atom is -0.508 e. The van der Waals surface area contributed by atoms with Crippen LogP contribution in [0.5, 0.6) is 5.75 Å². The Morgan fingerprint density at radius 2 is 2.07 bits per heavy atom. The second kappa shape index (κ2) is 5.40. The molecule has 1 unspecified atom stereocenters. The quantitative estimate of drug-likeness (QED) is 0.544. The van der Waals surface area contributed by atoms with Gasteiger partial charge in [0.05, 0.1) is 22.5 Å². The van der Waals surface area contributed by atoms with Crippen LogP contribution in [0.1, 0.15) is 36.3 Å². The van der Waals surface area contributed by atoms with Crippen LogP contribution in [-0.4, -0.2) is 30.8 Å². The molecule has 3 aromatic rings. The molecule has 2 aliphatic heterocycles. The van der Waals surface area contributed by atoms with Crippen LogP contribution >= 0.6 is 0 Å². The van der Waals surface area contributed by atoms with Crippen molar-refractivity contribution in [2.45, 2.75) is 31.8 Å². The standard InChI is InChI=1S/C20H16N2O6/c1-2-20(27)13-7-15-16-11(6-9-5-10(23)3-4-14(9)21-16)17(24)22(15)18(25)12(13)8-28-19(20)26/h3-7,17,23-24,27H,2,8H2,1H3/t17?,20-/m0/s1. The van der Waals surface area contributed by atoms with Crippen LogP contribution in [0, 0.1) is 0 Å². The fourth-order valence-corrected chi connectivity index (χ4v) is 4.02. The molecule has 0 saturated carbocycles. The molecular weight excluding hydrogens is 364 g/mol. The van der Waals surface area contributed by atoms with Crippen LogP contribution in [0.4, 0.5) is 0 Å². The summed E-state index contributed by atoms with van der Waals surface area (Å²) in [5.74, 6) is -0.733. The fourth-order valence-electron chi connectivity index (χ4n) is 4.02. The number of hydrogen-bond donors (Lipinski definition) is 3. The summed E-state index contributed by atoms with van der Waals surface area (Å²) in [6.07, 6.45) is -1.23. The van der Waals surface area contributed by atoms with Crippen LogP contribution in [0.25, 0.3) is 22.3 Å². The molecule has 4 heterocycles. The van der Waals surface area contributed by atoms with Gasteiger partial charge >= 0.3 is 5.97 Å². The normalized spacial score (nSPS) is 22.5. The number of aliphatic hydroxyl groups excluding tert-OH is 1. The minimum atomic E-state index is -1.92. The van der Waals surface area contributed by atoms with Gasteiger partial charge in [0.25, 0.3) is 5.56 Å². The van der Waals surface area contributed by atoms with Crippen molar-refractivity contribution >= 4 is 16.9 Å². The molecule has 0 fully saturated rings. The van der Waals surface area contributed by atoms with Gasteiger partial charge in [-0.1, -0.05) is 6.92 Å². The summed E-state index contributed by atoms with van der Waals surface area (Å²) < 4.78 is 6.20. The average Bonchev–Trinajstić information content (AvgIpc) is 2.95. The smallest absolute Gasteiger partial charge is 0.343 e. The van der Waals surface area contributed by atoms with Gasteiger partial charge in [-0.05, 0) is 36.8 Å². The molecule has 0 amide bonds. The lowest BCUT2D eigenvalue weighted by Crippen LogP contribution is -2.44. The topological polar surface area (TPSA) is 122 Å². The third-order valence-electron chi connectivity index (χ3n) is 5.58. The van der Waals surface area contributed by atoms with Gasteiger partial charge in [-0.2, -0.15) is 0 Å². The number of benzene rings is 1. The highest BCUT2D eigenvalue weighted by Gasteiger charge is 2.46. The Morgan fingerprint density at radius 3 is 2.82 bits per heavy atom. The number of phenols is 1. The number of phenolic OH excluding ortho intramolecular Hbond substituents is 1. The molecule has 0 spiro atoms. The lowest BCUT2D eigenvalue weighted by atomic mass is 9.86. The molecule has 8 heteroatoms. The first-order valence-electron chi connectivity index (χ1n) is 8.85. The highest BCUT2D eigenvalue weighted by molar-refractivity contribution is 5.87. The van der Waals surface area contributed by atoms with Gasteiger partial charge in [0.15, 0.2) is 11.8 Å². The minimum absolute atomic E-state index is 0.0432. The highest BCUT2D eigenvalue weighted by Crippen LogP contribution is 2.41. The number of aromatic nitrogens is 2. The van der Waals surface area contributed by atoms with Crippen molar-refractivity contribution in [2.24, 2.45) is 0 Å². The zero-order chi connectivity index (χ0) is 19.8. The number of aliphatic hydroxyl groups is 2. The van der Waals surface area contributed by atoms with E-state index in [1.165, 1.54) is 22.8 Å². The Hall–Kier alpha value is -3.23. The monoisotopic (exact) mass is 380 g/mol. The highest BCUT2D eigenvalue weighted by atomic mass is 16.6. The first-order valence-corrected chi connectivity index (χ1v) is 8.85. The van der Waals surface area contributed by atoms with Gasteiger partial charge in [0.2, 0.25) is 0 Å². The Balaban J connectivity index is 1.84. The summed E-state index contributed by atoms with van der Waals surface area (Å²) in [6, 6.07) is 7.86. The van der Waals surface area contributed by atoms with E-state index < -0.39 is 23.4 Å². The predicted octanol–water partition coefficient (Wildman–Crippen LogP) is 1.28. The van der Waals surface area contributed by atoms with Gasteiger partial charge in [-0.3, -0.25) is 9.36 Å². The summed E-state index contributed by atoms with van der Waals surface area (Å²) in [4.78, 5) is 29.8. The molecule has 0 radical (unpaired) electrons. The second-order valence-corrected chi connectivity index (χ2v) is 7.06. The van der Waals surface area contributed by atoms with E-state index in [1.807, 2.05) is 0 Å². The molecular formula is C20H16N2O6. The van der Waals surface area contributed by atoms with Crippen molar-refractivity contribution in [3.8, 4) is 17.1 Å². The molecule has 0 saturated heterocycles. The first-order chi connectivity index (χ1) is 13.3. The SMILES string of the molecule is CC[C@@]1(O)C(=O)OCc2c1cc1n(c2=O)C(O)c2cc3cc(O)ccc3nc2-1. The predicted molar refractivity (Wildman–Crippen MR) is 97.4 cm³/mol. The molecule has 2 aliphatic rings. The lowest BCUT2D eigenvalue weighted by Gasteiger charge is -2.31. The molecule has 8 nitrogen and oxygen atoms in total. The van der Waals surface area contributed by atoms with Crippen LogP contribution < -0.4 is 5.56 Å². The van der Waals surface area contributed by atoms with E-state index in [1.54, 1.807) is 19.1 Å². The number of cyclic esters (lactones) is 1. The molecule has 1 aromatic carbocycles. The lowest BCUT2D eigenvalue weighted by molar-refractivity contribution is -0.172. The molecule has 5 rings (SSSR count). The van der Waals surface area contributed by atoms with E-state index >= 15 is 0 Å². The second-order valence-electron chi connectivity index (χ2n) is 7.06. The molecule has 2 aromatic heterocycles. The van der Waals surface area contributed by atoms with E-state index in [0.29, 0.717) is 27.9 Å². The molecule has 0 bridgehead atoms. The van der Waals surface area contributed by atoms with E-state index in [2.05, 4.69) is 4.98 Å². The summed E-state index contributed by atoms with van der Waals surface area (Å²) in [6.45, 7) is 1.37. The maximum atomic E-state index is 13.1. The van der Waals surface area contributed by atoms with Gasteiger partial charge < -0.3 is 20.1 Å². The van der Waals surface area contributed by atoms with Gasteiger partial charge in [0, 0.05) is 16.5 Å². The van der Waals surface area contributed by atoms with E-state index in [0.717, 1.165) is 0 Å². The summed E-state index contributed by atoms with van der Waals surface area (Å²) >= 11 is 0. The molecule has 28 heavy (non-hydrogen) atoms. The van der Waals surface area contributed by atoms with Crippen molar-refractivity contribution in [2.75, 3.05) is 0 Å². The van der Waals surface area contributed by atoms with Crippen LogP contribution in [0.15, 0.2) is 35.1 Å². The fraction of sp³-hybridized carbons (Fsp3) is 0.250. The molecule has 2 atom stereocenters. The number of esters is 1. The summed E-state index contributed by atoms with van der Waals surface area (Å²) in [5.41, 5.74) is -0.428. The summed E-state index contributed by atoms with van der Waals surface area (Å²) in [7, 11) is 0. The van der Waals surface area contributed by atoms with E-state index in [9.17, 15) is 24.9 Å². The van der Waals surface area contributed by atoms with Crippen LogP contribution in [-0.2, 0) is 21.7 Å². The number of nitrogens with zero attached hydrogens (tertiary/aromatic N) is 2. The average molecular weight is 380 g/mol. The van der Waals surface area contributed by atoms with Crippen molar-refractivity contribution < 1.29 is 24.9 Å². The largest absolute Gasteiger partial charge is 0.508 e. The zero-order valence-electron chi connectivity index (χ0n) is 14.8. The first kappa shape index (κ1) is 16.9. The van der Waals surface area contributed by atoms with Crippen LogP contribution in [0.3, 0.4) is 0 Å². The third-order valence-corrected chi connectivity index (χ3v) is 5.58. The van der Waals surface area contributed by atoms with Crippen molar-refractivity contribution in [1.29, 1.82) is 0 Å². The van der Waals surface area contributed by atoms with E-state index in [-0.39, 0.29) is 29.9 Å². The Morgan fingerprint density at radius 1 is 1.29 bits per heavy atom. The number of ether oxygens (including phenoxy) is 1. The number of carbonyl (C=O) groups is 1. The van der Waals surface area contributed by atoms with Crippen molar-refractivity contribution in [1.82, 2.24) is 9.55 Å². The van der Waals surface area contributed by atoms with Gasteiger partial charge in [0.1, 0.15) is 12.4 Å². The molecule has 142 valence electrons. The zero-order valence-corrected chi connectivity index (χ0v) is 14.8. The molecule has 0 aliphatic carbocycles. The maximum Gasteiger partial charge on any atom is 0.343 e. The number of hydrogen-bond acceptors (Lipinski definition) is 7. The van der Waals surface area contributed by atoms with E-state index in [4.69, 9.17) is 4.74 Å². The number of aromatic hydroxyl groups is 1. The Kier molecular flexibility index (Phi) is 3.26. The Bertz CT molecular complexity index is 1250. The molecule has 3 N–H and O–H groups in total. The number of rotatable bonds is 1. The van der Waals surface area contributed by atoms with Crippen molar-refractivity contribution in [3.05, 3.63) is 57.4 Å². The Labute approximate surface area is 158 Å². The number of fused-ring (bicyclic) bond motifs is 5. The van der Waals surface area contributed by atoms with Gasteiger partial charge in [-0.15, -0.1) is 0 Å².